The van der Waals surface area contributed by atoms with Crippen LogP contribution in [0.5, 0.6) is 5.75 Å². The summed E-state index contributed by atoms with van der Waals surface area (Å²) in [4.78, 5) is 25.0. The summed E-state index contributed by atoms with van der Waals surface area (Å²) in [7, 11) is 0. The second kappa shape index (κ2) is 11.0. The minimum absolute atomic E-state index is 0.129. The fraction of sp³-hybridized carbons (Fsp3) is 0.167. The average molecular weight is 423 g/mol. The molecular weight excluding hydrogens is 400 g/mol. The third-order valence-corrected chi connectivity index (χ3v) is 4.69. The highest BCUT2D eigenvalue weighted by Gasteiger charge is 2.19. The molecule has 0 heterocycles. The van der Waals surface area contributed by atoms with E-state index in [2.05, 4.69) is 10.6 Å². The summed E-state index contributed by atoms with van der Waals surface area (Å²) in [5.74, 6) is 0.297. The van der Waals surface area contributed by atoms with E-state index in [-0.39, 0.29) is 18.2 Å². The van der Waals surface area contributed by atoms with Gasteiger partial charge in [0.15, 0.2) is 0 Å². The molecule has 5 nitrogen and oxygen atoms in total. The van der Waals surface area contributed by atoms with Gasteiger partial charge in [0.25, 0.3) is 5.91 Å². The molecular formula is C24H23ClN2O3. The number of amides is 2. The molecule has 0 spiro atoms. The lowest BCUT2D eigenvalue weighted by Gasteiger charge is -2.19. The lowest BCUT2D eigenvalue weighted by molar-refractivity contribution is -0.121. The minimum atomic E-state index is -0.434. The van der Waals surface area contributed by atoms with E-state index >= 15 is 0 Å². The maximum atomic E-state index is 12.6. The Balaban J connectivity index is 1.54. The first-order valence-electron chi connectivity index (χ1n) is 9.68. The van der Waals surface area contributed by atoms with E-state index in [1.807, 2.05) is 36.4 Å². The Morgan fingerprint density at radius 3 is 2.17 bits per heavy atom. The van der Waals surface area contributed by atoms with Crippen LogP contribution in [0.3, 0.4) is 0 Å². The van der Waals surface area contributed by atoms with Gasteiger partial charge in [0.2, 0.25) is 5.91 Å². The van der Waals surface area contributed by atoms with Crippen molar-refractivity contribution in [3.05, 3.63) is 101 Å². The summed E-state index contributed by atoms with van der Waals surface area (Å²) < 4.78 is 5.58. The van der Waals surface area contributed by atoms with Gasteiger partial charge in [0, 0.05) is 10.6 Å². The molecule has 0 aliphatic rings. The summed E-state index contributed by atoms with van der Waals surface area (Å²) >= 11 is 5.85. The van der Waals surface area contributed by atoms with Crippen LogP contribution in [-0.4, -0.2) is 25.0 Å². The van der Waals surface area contributed by atoms with Crippen molar-refractivity contribution in [3.8, 4) is 5.75 Å². The summed E-state index contributed by atoms with van der Waals surface area (Å²) in [6, 6.07) is 25.0. The lowest BCUT2D eigenvalue weighted by atomic mass is 10.0. The van der Waals surface area contributed by atoms with Gasteiger partial charge in [-0.2, -0.15) is 0 Å². The molecule has 0 bridgehead atoms. The van der Waals surface area contributed by atoms with Gasteiger partial charge in [-0.3, -0.25) is 9.59 Å². The van der Waals surface area contributed by atoms with Crippen molar-refractivity contribution in [1.29, 1.82) is 0 Å². The van der Waals surface area contributed by atoms with Crippen molar-refractivity contribution >= 4 is 23.4 Å². The minimum Gasteiger partial charge on any atom is -0.492 e. The Hall–Kier alpha value is -3.31. The average Bonchev–Trinajstić information content (AvgIpc) is 2.78. The molecule has 3 rings (SSSR count). The molecule has 0 radical (unpaired) electrons. The van der Waals surface area contributed by atoms with Crippen LogP contribution in [0.4, 0.5) is 0 Å². The van der Waals surface area contributed by atoms with Gasteiger partial charge in [-0.25, -0.2) is 0 Å². The van der Waals surface area contributed by atoms with Crippen LogP contribution in [0.25, 0.3) is 0 Å². The Kier molecular flexibility index (Phi) is 7.86. The van der Waals surface area contributed by atoms with Crippen molar-refractivity contribution in [3.63, 3.8) is 0 Å². The van der Waals surface area contributed by atoms with Gasteiger partial charge in [0.1, 0.15) is 12.4 Å². The first-order chi connectivity index (χ1) is 14.6. The highest BCUT2D eigenvalue weighted by molar-refractivity contribution is 6.30. The number of benzene rings is 3. The van der Waals surface area contributed by atoms with Gasteiger partial charge in [-0.1, -0.05) is 60.1 Å². The zero-order valence-electron chi connectivity index (χ0n) is 16.4. The second-order valence-electron chi connectivity index (χ2n) is 6.66. The molecule has 30 heavy (non-hydrogen) atoms. The standard InChI is InChI=1S/C24H23ClN2O3/c25-20-11-13-21(14-12-20)30-16-15-26-23(28)17-22(18-7-3-1-4-8-18)27-24(29)19-9-5-2-6-10-19/h1-14,22H,15-17H2,(H,26,28)(H,27,29). The number of ether oxygens (including phenoxy) is 1. The van der Waals surface area contributed by atoms with Crippen LogP contribution in [0.2, 0.25) is 5.02 Å². The summed E-state index contributed by atoms with van der Waals surface area (Å²) in [6.07, 6.45) is 0.129. The van der Waals surface area contributed by atoms with E-state index in [0.717, 1.165) is 5.56 Å². The Bertz CT molecular complexity index is 947. The monoisotopic (exact) mass is 422 g/mol. The van der Waals surface area contributed by atoms with Crippen molar-refractivity contribution < 1.29 is 14.3 Å². The molecule has 0 aliphatic carbocycles. The number of halogens is 1. The number of rotatable bonds is 9. The molecule has 0 fully saturated rings. The first-order valence-corrected chi connectivity index (χ1v) is 10.1. The second-order valence-corrected chi connectivity index (χ2v) is 7.10. The van der Waals surface area contributed by atoms with E-state index in [9.17, 15) is 9.59 Å². The summed E-state index contributed by atoms with van der Waals surface area (Å²) in [6.45, 7) is 0.690. The van der Waals surface area contributed by atoms with Gasteiger partial charge in [0.05, 0.1) is 19.0 Å². The van der Waals surface area contributed by atoms with E-state index in [1.54, 1.807) is 48.5 Å². The van der Waals surface area contributed by atoms with E-state index < -0.39 is 6.04 Å². The molecule has 0 aliphatic heterocycles. The van der Waals surface area contributed by atoms with Crippen LogP contribution >= 0.6 is 11.6 Å². The fourth-order valence-corrected chi connectivity index (χ4v) is 3.04. The number of hydrogen-bond donors (Lipinski definition) is 2. The van der Waals surface area contributed by atoms with Crippen molar-refractivity contribution in [1.82, 2.24) is 10.6 Å². The smallest absolute Gasteiger partial charge is 0.251 e. The largest absolute Gasteiger partial charge is 0.492 e. The van der Waals surface area contributed by atoms with E-state index in [1.165, 1.54) is 0 Å². The van der Waals surface area contributed by atoms with Crippen LogP contribution in [0.15, 0.2) is 84.9 Å². The van der Waals surface area contributed by atoms with Crippen molar-refractivity contribution in [2.24, 2.45) is 0 Å². The third kappa shape index (κ3) is 6.64. The summed E-state index contributed by atoms with van der Waals surface area (Å²) in [5, 5.41) is 6.43. The maximum absolute atomic E-state index is 12.6. The molecule has 6 heteroatoms. The zero-order chi connectivity index (χ0) is 21.2. The molecule has 1 atom stereocenters. The predicted octanol–water partition coefficient (Wildman–Crippen LogP) is 4.40. The molecule has 0 saturated heterocycles. The predicted molar refractivity (Wildman–Crippen MR) is 118 cm³/mol. The van der Waals surface area contributed by atoms with E-state index in [4.69, 9.17) is 16.3 Å². The van der Waals surface area contributed by atoms with Crippen LogP contribution in [0, 0.1) is 0 Å². The molecule has 0 aromatic heterocycles. The number of hydrogen-bond acceptors (Lipinski definition) is 3. The number of carbonyl (C=O) groups excluding carboxylic acids is 2. The molecule has 2 amide bonds. The van der Waals surface area contributed by atoms with Crippen molar-refractivity contribution in [2.75, 3.05) is 13.2 Å². The van der Waals surface area contributed by atoms with Gasteiger partial charge in [-0.15, -0.1) is 0 Å². The Morgan fingerprint density at radius 2 is 1.50 bits per heavy atom. The summed E-state index contributed by atoms with van der Waals surface area (Å²) in [5.41, 5.74) is 1.42. The van der Waals surface area contributed by atoms with Gasteiger partial charge in [-0.05, 0) is 42.0 Å². The van der Waals surface area contributed by atoms with Crippen LogP contribution in [0.1, 0.15) is 28.4 Å². The molecule has 154 valence electrons. The molecule has 3 aromatic carbocycles. The van der Waals surface area contributed by atoms with Gasteiger partial charge >= 0.3 is 0 Å². The lowest BCUT2D eigenvalue weighted by Crippen LogP contribution is -2.35. The zero-order valence-corrected chi connectivity index (χ0v) is 17.1. The Morgan fingerprint density at radius 1 is 0.867 bits per heavy atom. The quantitative estimate of drug-likeness (QED) is 0.502. The molecule has 1 unspecified atom stereocenters. The normalized spacial score (nSPS) is 11.4. The third-order valence-electron chi connectivity index (χ3n) is 4.44. The highest BCUT2D eigenvalue weighted by Crippen LogP contribution is 2.18. The molecule has 2 N–H and O–H groups in total. The Labute approximate surface area is 181 Å². The fourth-order valence-electron chi connectivity index (χ4n) is 2.92. The first kappa shape index (κ1) is 21.4. The van der Waals surface area contributed by atoms with Gasteiger partial charge < -0.3 is 15.4 Å². The number of nitrogens with one attached hydrogen (secondary N) is 2. The molecule has 0 saturated carbocycles. The number of carbonyl (C=O) groups is 2. The SMILES string of the molecule is O=C(CC(NC(=O)c1ccccc1)c1ccccc1)NCCOc1ccc(Cl)cc1. The van der Waals surface area contributed by atoms with E-state index in [0.29, 0.717) is 29.5 Å². The molecule has 3 aromatic rings. The van der Waals surface area contributed by atoms with Crippen LogP contribution in [-0.2, 0) is 4.79 Å². The topological polar surface area (TPSA) is 67.4 Å². The maximum Gasteiger partial charge on any atom is 0.251 e. The van der Waals surface area contributed by atoms with Crippen molar-refractivity contribution in [2.45, 2.75) is 12.5 Å². The highest BCUT2D eigenvalue weighted by atomic mass is 35.5. The van der Waals surface area contributed by atoms with Crippen LogP contribution < -0.4 is 15.4 Å².